The maximum absolute atomic E-state index is 12.8. The highest BCUT2D eigenvalue weighted by atomic mass is 16.5. The lowest BCUT2D eigenvalue weighted by Gasteiger charge is -2.05. The molecular formula is C23H32N2O4. The number of ether oxygens (including phenoxy) is 1. The van der Waals surface area contributed by atoms with Gasteiger partial charge in [0.05, 0.1) is 18.7 Å². The molecule has 0 fully saturated rings. The van der Waals surface area contributed by atoms with E-state index in [1.54, 1.807) is 6.92 Å². The van der Waals surface area contributed by atoms with Crippen molar-refractivity contribution in [1.82, 2.24) is 10.3 Å². The average Bonchev–Trinajstić information content (AvgIpc) is 3.22. The smallest absolute Gasteiger partial charge is 0.306 e. The van der Waals surface area contributed by atoms with Gasteiger partial charge in [-0.15, -0.1) is 0 Å². The minimum absolute atomic E-state index is 0.0401. The molecule has 6 nitrogen and oxygen atoms in total. The second kappa shape index (κ2) is 10.2. The van der Waals surface area contributed by atoms with Crippen LogP contribution >= 0.6 is 0 Å². The zero-order valence-electron chi connectivity index (χ0n) is 18.2. The third-order valence-electron chi connectivity index (χ3n) is 5.31. The van der Waals surface area contributed by atoms with Crippen molar-refractivity contribution in [2.45, 2.75) is 73.1 Å². The SMILES string of the molecule is CCOC(=O)CCC(=O)c1[nH]c(/C=C2\NC(=O)C(CC)=C2CC)c(CC)c1CC. The van der Waals surface area contributed by atoms with Crippen molar-refractivity contribution in [3.8, 4) is 0 Å². The molecule has 0 saturated carbocycles. The zero-order chi connectivity index (χ0) is 21.6. The third-order valence-corrected chi connectivity index (χ3v) is 5.31. The number of rotatable bonds is 10. The topological polar surface area (TPSA) is 88.3 Å². The molecule has 0 unspecified atom stereocenters. The molecule has 2 heterocycles. The van der Waals surface area contributed by atoms with Crippen LogP contribution in [0.1, 0.15) is 87.6 Å². The molecule has 1 aliphatic heterocycles. The summed E-state index contributed by atoms with van der Waals surface area (Å²) in [6.45, 7) is 10.2. The first-order valence-electron chi connectivity index (χ1n) is 10.6. The van der Waals surface area contributed by atoms with E-state index < -0.39 is 0 Å². The van der Waals surface area contributed by atoms with Crippen molar-refractivity contribution in [1.29, 1.82) is 0 Å². The number of amides is 1. The number of esters is 1. The number of ketones is 1. The number of aromatic nitrogens is 1. The fourth-order valence-electron chi connectivity index (χ4n) is 3.95. The molecular weight excluding hydrogens is 368 g/mol. The minimum Gasteiger partial charge on any atom is -0.466 e. The van der Waals surface area contributed by atoms with E-state index in [1.165, 1.54) is 0 Å². The van der Waals surface area contributed by atoms with Crippen LogP contribution in [-0.2, 0) is 27.2 Å². The minimum atomic E-state index is -0.359. The molecule has 0 atom stereocenters. The molecule has 2 N–H and O–H groups in total. The van der Waals surface area contributed by atoms with Crippen LogP contribution in [0, 0.1) is 0 Å². The van der Waals surface area contributed by atoms with Gasteiger partial charge in [0.1, 0.15) is 0 Å². The van der Waals surface area contributed by atoms with Crippen LogP contribution in [0.3, 0.4) is 0 Å². The summed E-state index contributed by atoms with van der Waals surface area (Å²) in [6, 6.07) is 0. The standard InChI is InChI=1S/C23H32N2O4/c1-6-14-16(8-3)22(20(26)11-12-21(27)29-10-5)24-18(14)13-19-15(7-2)17(9-4)23(28)25-19/h13,24H,6-12H2,1-5H3,(H,25,28)/b19-13-. The summed E-state index contributed by atoms with van der Waals surface area (Å²) in [5.41, 5.74) is 6.13. The van der Waals surface area contributed by atoms with E-state index in [1.807, 2.05) is 26.8 Å². The molecule has 1 amide bonds. The molecule has 0 bridgehead atoms. The van der Waals surface area contributed by atoms with Crippen LogP contribution in [-0.4, -0.2) is 29.3 Å². The Morgan fingerprint density at radius 2 is 1.55 bits per heavy atom. The van der Waals surface area contributed by atoms with Crippen molar-refractivity contribution in [3.05, 3.63) is 39.4 Å². The number of carbonyl (C=O) groups is 3. The molecule has 0 aliphatic carbocycles. The maximum atomic E-state index is 12.8. The highest BCUT2D eigenvalue weighted by Crippen LogP contribution is 2.30. The third kappa shape index (κ3) is 4.86. The Hall–Kier alpha value is -2.63. The molecule has 6 heteroatoms. The van der Waals surface area contributed by atoms with Crippen molar-refractivity contribution in [2.75, 3.05) is 6.61 Å². The van der Waals surface area contributed by atoms with Crippen molar-refractivity contribution < 1.29 is 19.1 Å². The van der Waals surface area contributed by atoms with Gasteiger partial charge in [-0.25, -0.2) is 0 Å². The predicted octanol–water partition coefficient (Wildman–Crippen LogP) is 4.25. The average molecular weight is 401 g/mol. The van der Waals surface area contributed by atoms with Gasteiger partial charge >= 0.3 is 5.97 Å². The van der Waals surface area contributed by atoms with E-state index in [0.29, 0.717) is 25.1 Å². The van der Waals surface area contributed by atoms with Crippen LogP contribution in [0.4, 0.5) is 0 Å². The Labute approximate surface area is 172 Å². The van der Waals surface area contributed by atoms with Gasteiger partial charge in [-0.1, -0.05) is 27.7 Å². The Morgan fingerprint density at radius 1 is 0.897 bits per heavy atom. The number of H-pyrrole nitrogens is 1. The van der Waals surface area contributed by atoms with Gasteiger partial charge in [0, 0.05) is 23.4 Å². The van der Waals surface area contributed by atoms with E-state index >= 15 is 0 Å². The summed E-state index contributed by atoms with van der Waals surface area (Å²) in [7, 11) is 0. The highest BCUT2D eigenvalue weighted by Gasteiger charge is 2.26. The molecule has 0 saturated heterocycles. The second-order valence-corrected chi connectivity index (χ2v) is 6.98. The van der Waals surface area contributed by atoms with Crippen molar-refractivity contribution in [3.63, 3.8) is 0 Å². The number of hydrogen-bond donors (Lipinski definition) is 2. The summed E-state index contributed by atoms with van der Waals surface area (Å²) in [4.78, 5) is 39.9. The van der Waals surface area contributed by atoms with Gasteiger partial charge in [0.15, 0.2) is 5.78 Å². The summed E-state index contributed by atoms with van der Waals surface area (Å²) < 4.78 is 4.92. The van der Waals surface area contributed by atoms with E-state index in [2.05, 4.69) is 17.2 Å². The van der Waals surface area contributed by atoms with E-state index in [-0.39, 0.29) is 30.5 Å². The van der Waals surface area contributed by atoms with Gasteiger partial charge in [0.2, 0.25) is 0 Å². The molecule has 1 aromatic heterocycles. The monoisotopic (exact) mass is 400 g/mol. The number of Topliss-reactive ketones (excluding diaryl/α,β-unsaturated/α-hetero) is 1. The predicted molar refractivity (Wildman–Crippen MR) is 113 cm³/mol. The Bertz CT molecular complexity index is 858. The van der Waals surface area contributed by atoms with Crippen LogP contribution in [0.2, 0.25) is 0 Å². The lowest BCUT2D eigenvalue weighted by Crippen LogP contribution is -2.16. The van der Waals surface area contributed by atoms with E-state index in [0.717, 1.165) is 46.5 Å². The van der Waals surface area contributed by atoms with E-state index in [9.17, 15) is 14.4 Å². The fraction of sp³-hybridized carbons (Fsp3) is 0.522. The van der Waals surface area contributed by atoms with Gasteiger partial charge in [-0.2, -0.15) is 0 Å². The second-order valence-electron chi connectivity index (χ2n) is 6.98. The normalized spacial score (nSPS) is 15.2. The largest absolute Gasteiger partial charge is 0.466 e. The first-order chi connectivity index (χ1) is 13.9. The summed E-state index contributed by atoms with van der Waals surface area (Å²) in [5.74, 6) is -0.492. The Morgan fingerprint density at radius 3 is 2.10 bits per heavy atom. The van der Waals surface area contributed by atoms with Gasteiger partial charge in [0.25, 0.3) is 5.91 Å². The Kier molecular flexibility index (Phi) is 8.00. The molecule has 158 valence electrons. The molecule has 2 rings (SSSR count). The number of aromatic amines is 1. The summed E-state index contributed by atoms with van der Waals surface area (Å²) in [6.07, 6.45) is 5.07. The van der Waals surface area contributed by atoms with Crippen LogP contribution in [0.15, 0.2) is 16.8 Å². The molecule has 0 aromatic carbocycles. The number of carbonyl (C=O) groups excluding carboxylic acids is 3. The van der Waals surface area contributed by atoms with Gasteiger partial charge in [-0.3, -0.25) is 14.4 Å². The molecule has 1 aliphatic rings. The van der Waals surface area contributed by atoms with Gasteiger partial charge in [-0.05, 0) is 55.4 Å². The Balaban J connectivity index is 2.40. The summed E-state index contributed by atoms with van der Waals surface area (Å²) in [5, 5.41) is 2.97. The first kappa shape index (κ1) is 22.7. The van der Waals surface area contributed by atoms with E-state index in [4.69, 9.17) is 4.74 Å². The van der Waals surface area contributed by atoms with Crippen LogP contribution in [0.5, 0.6) is 0 Å². The van der Waals surface area contributed by atoms with Crippen molar-refractivity contribution in [2.24, 2.45) is 0 Å². The number of allylic oxidation sites excluding steroid dienone is 1. The lowest BCUT2D eigenvalue weighted by atomic mass is 9.99. The first-order valence-corrected chi connectivity index (χ1v) is 10.6. The van der Waals surface area contributed by atoms with Crippen LogP contribution < -0.4 is 5.32 Å². The number of hydrogen-bond acceptors (Lipinski definition) is 4. The summed E-state index contributed by atoms with van der Waals surface area (Å²) >= 11 is 0. The maximum Gasteiger partial charge on any atom is 0.306 e. The fourth-order valence-corrected chi connectivity index (χ4v) is 3.95. The zero-order valence-corrected chi connectivity index (χ0v) is 18.2. The molecule has 0 spiro atoms. The van der Waals surface area contributed by atoms with Crippen molar-refractivity contribution >= 4 is 23.7 Å². The van der Waals surface area contributed by atoms with Crippen LogP contribution in [0.25, 0.3) is 6.08 Å². The number of nitrogens with one attached hydrogen (secondary N) is 2. The van der Waals surface area contributed by atoms with Gasteiger partial charge < -0.3 is 15.0 Å². The molecule has 0 radical (unpaired) electrons. The molecule has 29 heavy (non-hydrogen) atoms. The lowest BCUT2D eigenvalue weighted by molar-refractivity contribution is -0.143. The highest BCUT2D eigenvalue weighted by molar-refractivity contribution is 6.02. The molecule has 1 aromatic rings. The quantitative estimate of drug-likeness (QED) is 0.454.